The van der Waals surface area contributed by atoms with Crippen molar-refractivity contribution in [2.45, 2.75) is 43.7 Å². The average Bonchev–Trinajstić information content (AvgIpc) is 3.27. The van der Waals surface area contributed by atoms with E-state index in [1.54, 1.807) is 6.33 Å². The molecule has 2 aliphatic rings. The Kier molecular flexibility index (Phi) is 4.19. The zero-order chi connectivity index (χ0) is 17.5. The van der Waals surface area contributed by atoms with Crippen LogP contribution < -0.4 is 0 Å². The van der Waals surface area contributed by atoms with Crippen molar-refractivity contribution < 1.29 is 5.11 Å². The van der Waals surface area contributed by atoms with Crippen LogP contribution in [0.1, 0.15) is 36.6 Å². The lowest BCUT2D eigenvalue weighted by Gasteiger charge is -2.42. The van der Waals surface area contributed by atoms with E-state index in [0.29, 0.717) is 24.6 Å². The van der Waals surface area contributed by atoms with Gasteiger partial charge in [0.15, 0.2) is 0 Å². The van der Waals surface area contributed by atoms with E-state index >= 15 is 0 Å². The first-order valence-corrected chi connectivity index (χ1v) is 10.2. The molecule has 2 aromatic heterocycles. The molecule has 1 saturated heterocycles. The number of likely N-dealkylation sites (tertiary alicyclic amines) is 1. The molecule has 0 bridgehead atoms. The van der Waals surface area contributed by atoms with E-state index in [4.69, 9.17) is 4.98 Å². The third kappa shape index (κ3) is 2.82. The number of fused-ring (bicyclic) bond motifs is 1. The minimum atomic E-state index is 0.300. The Labute approximate surface area is 156 Å². The molecule has 1 aromatic carbocycles. The molecule has 3 heterocycles. The van der Waals surface area contributed by atoms with Gasteiger partial charge >= 0.3 is 0 Å². The zero-order valence-electron chi connectivity index (χ0n) is 14.6. The Morgan fingerprint density at radius 1 is 1.15 bits per heavy atom. The van der Waals surface area contributed by atoms with E-state index in [0.717, 1.165) is 29.6 Å². The Hall–Kier alpha value is -1.89. The SMILES string of the molecule is OC[C@@H]1CCCN1[C@H]1C[C@H](c2nc3ccc(-c4cncnc4)cc3s2)C1. The van der Waals surface area contributed by atoms with Crippen LogP contribution in [0, 0.1) is 0 Å². The van der Waals surface area contributed by atoms with Crippen LogP contribution in [0.2, 0.25) is 0 Å². The highest BCUT2D eigenvalue weighted by Crippen LogP contribution is 2.44. The van der Waals surface area contributed by atoms with Gasteiger partial charge in [-0.25, -0.2) is 15.0 Å². The summed E-state index contributed by atoms with van der Waals surface area (Å²) in [5.41, 5.74) is 3.27. The van der Waals surface area contributed by atoms with Crippen molar-refractivity contribution in [1.29, 1.82) is 0 Å². The molecule has 5 nitrogen and oxygen atoms in total. The molecule has 1 saturated carbocycles. The van der Waals surface area contributed by atoms with Crippen LogP contribution in [0.5, 0.6) is 0 Å². The number of benzene rings is 1. The summed E-state index contributed by atoms with van der Waals surface area (Å²) in [5.74, 6) is 0.570. The maximum atomic E-state index is 9.54. The fourth-order valence-corrected chi connectivity index (χ4v) is 5.47. The quantitative estimate of drug-likeness (QED) is 0.766. The molecular formula is C20H22N4OS. The standard InChI is InChI=1S/C20H22N4OS/c25-11-16-2-1-5-24(16)17-6-14(7-17)20-23-18-4-3-13(8-19(18)26-20)15-9-21-12-22-10-15/h3-4,8-10,12,14,16-17,25H,1-2,5-7,11H2/t14-,16-,17-/m0/s1. The van der Waals surface area contributed by atoms with Crippen LogP contribution >= 0.6 is 11.3 Å². The second-order valence-electron chi connectivity index (χ2n) is 7.40. The summed E-state index contributed by atoms with van der Waals surface area (Å²) in [6.45, 7) is 1.44. The Morgan fingerprint density at radius 3 is 2.81 bits per heavy atom. The molecule has 26 heavy (non-hydrogen) atoms. The van der Waals surface area contributed by atoms with Crippen molar-refractivity contribution >= 4 is 21.6 Å². The number of hydrogen-bond donors (Lipinski definition) is 1. The summed E-state index contributed by atoms with van der Waals surface area (Å²) >= 11 is 1.82. The first-order chi connectivity index (χ1) is 12.8. The van der Waals surface area contributed by atoms with Gasteiger partial charge in [0.25, 0.3) is 0 Å². The molecule has 0 unspecified atom stereocenters. The highest BCUT2D eigenvalue weighted by atomic mass is 32.1. The van der Waals surface area contributed by atoms with Crippen LogP contribution in [0.25, 0.3) is 21.3 Å². The van der Waals surface area contributed by atoms with Crippen LogP contribution in [-0.2, 0) is 0 Å². The second-order valence-corrected chi connectivity index (χ2v) is 8.46. The number of thiazole rings is 1. The van der Waals surface area contributed by atoms with E-state index in [1.165, 1.54) is 29.0 Å². The van der Waals surface area contributed by atoms with E-state index in [1.807, 2.05) is 23.7 Å². The zero-order valence-corrected chi connectivity index (χ0v) is 15.4. The van der Waals surface area contributed by atoms with E-state index < -0.39 is 0 Å². The van der Waals surface area contributed by atoms with Gasteiger partial charge in [-0.3, -0.25) is 4.90 Å². The summed E-state index contributed by atoms with van der Waals surface area (Å²) in [7, 11) is 0. The van der Waals surface area contributed by atoms with Crippen molar-refractivity contribution in [3.05, 3.63) is 41.9 Å². The first-order valence-electron chi connectivity index (χ1n) is 9.34. The molecule has 1 aliphatic heterocycles. The summed E-state index contributed by atoms with van der Waals surface area (Å²) < 4.78 is 1.24. The number of nitrogens with zero attached hydrogens (tertiary/aromatic N) is 4. The molecule has 0 spiro atoms. The maximum absolute atomic E-state index is 9.54. The topological polar surface area (TPSA) is 62.1 Å². The summed E-state index contributed by atoms with van der Waals surface area (Å²) in [5, 5.41) is 10.8. The van der Waals surface area contributed by atoms with Crippen molar-refractivity contribution in [3.63, 3.8) is 0 Å². The molecule has 3 aromatic rings. The van der Waals surface area contributed by atoms with E-state index in [-0.39, 0.29) is 0 Å². The molecule has 5 rings (SSSR count). The van der Waals surface area contributed by atoms with E-state index in [2.05, 4.69) is 33.1 Å². The molecule has 2 fully saturated rings. The summed E-state index contributed by atoms with van der Waals surface area (Å²) in [4.78, 5) is 15.6. The fourth-order valence-electron chi connectivity index (χ4n) is 4.34. The molecule has 0 amide bonds. The lowest BCUT2D eigenvalue weighted by atomic mass is 9.79. The molecule has 1 aliphatic carbocycles. The molecule has 6 heteroatoms. The molecule has 1 atom stereocenters. The molecule has 1 N–H and O–H groups in total. The van der Waals surface area contributed by atoms with Gasteiger partial charge in [0.2, 0.25) is 0 Å². The fraction of sp³-hybridized carbons (Fsp3) is 0.450. The highest BCUT2D eigenvalue weighted by molar-refractivity contribution is 7.18. The highest BCUT2D eigenvalue weighted by Gasteiger charge is 2.40. The lowest BCUT2D eigenvalue weighted by molar-refractivity contribution is 0.0662. The Morgan fingerprint density at radius 2 is 2.00 bits per heavy atom. The second kappa shape index (κ2) is 6.68. The monoisotopic (exact) mass is 366 g/mol. The van der Waals surface area contributed by atoms with Crippen molar-refractivity contribution in [2.75, 3.05) is 13.2 Å². The predicted molar refractivity (Wildman–Crippen MR) is 103 cm³/mol. The van der Waals surface area contributed by atoms with Gasteiger partial charge in [-0.05, 0) is 49.9 Å². The number of aromatic nitrogens is 3. The van der Waals surface area contributed by atoms with Crippen molar-refractivity contribution in [2.24, 2.45) is 0 Å². The van der Waals surface area contributed by atoms with Crippen LogP contribution in [0.3, 0.4) is 0 Å². The third-order valence-corrected chi connectivity index (χ3v) is 7.04. The molecule has 0 radical (unpaired) electrons. The number of hydrogen-bond acceptors (Lipinski definition) is 6. The Balaban J connectivity index is 1.33. The van der Waals surface area contributed by atoms with Gasteiger partial charge in [-0.1, -0.05) is 6.07 Å². The largest absolute Gasteiger partial charge is 0.395 e. The minimum absolute atomic E-state index is 0.300. The number of rotatable bonds is 4. The molecular weight excluding hydrogens is 344 g/mol. The Bertz CT molecular complexity index is 907. The molecule has 134 valence electrons. The van der Waals surface area contributed by atoms with Gasteiger partial charge in [0.1, 0.15) is 6.33 Å². The van der Waals surface area contributed by atoms with Gasteiger partial charge < -0.3 is 5.11 Å². The predicted octanol–water partition coefficient (Wildman–Crippen LogP) is 3.46. The van der Waals surface area contributed by atoms with Crippen LogP contribution in [0.15, 0.2) is 36.9 Å². The minimum Gasteiger partial charge on any atom is -0.395 e. The smallest absolute Gasteiger partial charge is 0.115 e. The summed E-state index contributed by atoms with van der Waals surface area (Å²) in [6.07, 6.45) is 9.97. The van der Waals surface area contributed by atoms with Gasteiger partial charge in [-0.15, -0.1) is 11.3 Å². The van der Waals surface area contributed by atoms with Crippen molar-refractivity contribution in [1.82, 2.24) is 19.9 Å². The summed E-state index contributed by atoms with van der Waals surface area (Å²) in [6, 6.07) is 7.42. The van der Waals surface area contributed by atoms with Crippen molar-refractivity contribution in [3.8, 4) is 11.1 Å². The number of aliphatic hydroxyl groups is 1. The average molecular weight is 366 g/mol. The lowest BCUT2D eigenvalue weighted by Crippen LogP contribution is -2.47. The normalized spacial score (nSPS) is 26.3. The van der Waals surface area contributed by atoms with Crippen LogP contribution in [-0.4, -0.2) is 50.2 Å². The first kappa shape index (κ1) is 16.3. The van der Waals surface area contributed by atoms with Gasteiger partial charge in [0, 0.05) is 36.0 Å². The van der Waals surface area contributed by atoms with Gasteiger partial charge in [0.05, 0.1) is 21.8 Å². The van der Waals surface area contributed by atoms with E-state index in [9.17, 15) is 5.11 Å². The van der Waals surface area contributed by atoms with Gasteiger partial charge in [-0.2, -0.15) is 0 Å². The van der Waals surface area contributed by atoms with Crippen LogP contribution in [0.4, 0.5) is 0 Å². The maximum Gasteiger partial charge on any atom is 0.115 e. The third-order valence-electron chi connectivity index (χ3n) is 5.86. The number of aliphatic hydroxyl groups excluding tert-OH is 1.